The Morgan fingerprint density at radius 1 is 0.852 bits per heavy atom. The lowest BCUT2D eigenvalue weighted by atomic mass is 10.1. The Balaban J connectivity index is 2.00. The molecule has 0 unspecified atom stereocenters. The molecule has 0 N–H and O–H groups in total. The third-order valence-electron chi connectivity index (χ3n) is 4.66. The minimum Gasteiger partial charge on any atom is -0.497 e. The SMILES string of the molecule is COc1ccc(-c2c(Br)c3ccccc3c(=O)n2Cc2ccccc2)cc1. The molecule has 0 spiro atoms. The van der Waals surface area contributed by atoms with E-state index in [0.717, 1.165) is 32.4 Å². The molecule has 3 nitrogen and oxygen atoms in total. The van der Waals surface area contributed by atoms with E-state index < -0.39 is 0 Å². The first-order valence-electron chi connectivity index (χ1n) is 8.68. The van der Waals surface area contributed by atoms with Crippen molar-refractivity contribution in [1.82, 2.24) is 4.57 Å². The van der Waals surface area contributed by atoms with Crippen LogP contribution in [0.15, 0.2) is 88.1 Å². The average Bonchev–Trinajstić information content (AvgIpc) is 2.73. The number of aromatic nitrogens is 1. The maximum absolute atomic E-state index is 13.3. The molecule has 0 bridgehead atoms. The number of nitrogens with zero attached hydrogens (tertiary/aromatic N) is 1. The molecule has 0 saturated heterocycles. The minimum absolute atomic E-state index is 0.00321. The van der Waals surface area contributed by atoms with Crippen molar-refractivity contribution in [2.45, 2.75) is 6.54 Å². The molecule has 0 radical (unpaired) electrons. The smallest absolute Gasteiger partial charge is 0.259 e. The Kier molecular flexibility index (Phi) is 4.82. The van der Waals surface area contributed by atoms with Gasteiger partial charge < -0.3 is 9.30 Å². The van der Waals surface area contributed by atoms with Crippen molar-refractivity contribution >= 4 is 26.7 Å². The van der Waals surface area contributed by atoms with Crippen LogP contribution in [-0.4, -0.2) is 11.7 Å². The molecule has 4 rings (SSSR count). The summed E-state index contributed by atoms with van der Waals surface area (Å²) in [5, 5.41) is 1.62. The van der Waals surface area contributed by atoms with Gasteiger partial charge in [0.2, 0.25) is 0 Å². The van der Waals surface area contributed by atoms with Gasteiger partial charge >= 0.3 is 0 Å². The van der Waals surface area contributed by atoms with E-state index in [9.17, 15) is 4.79 Å². The van der Waals surface area contributed by atoms with Crippen LogP contribution in [-0.2, 0) is 6.54 Å². The molecule has 0 aliphatic carbocycles. The van der Waals surface area contributed by atoms with E-state index in [1.54, 1.807) is 7.11 Å². The Morgan fingerprint density at radius 3 is 2.15 bits per heavy atom. The number of rotatable bonds is 4. The predicted molar refractivity (Wildman–Crippen MR) is 113 cm³/mol. The van der Waals surface area contributed by atoms with E-state index in [-0.39, 0.29) is 5.56 Å². The quantitative estimate of drug-likeness (QED) is 0.437. The summed E-state index contributed by atoms with van der Waals surface area (Å²) in [5.74, 6) is 0.785. The lowest BCUT2D eigenvalue weighted by Gasteiger charge is -2.18. The standard InChI is InChI=1S/C23H18BrNO2/c1-27-18-13-11-17(12-14-18)22-21(24)19-9-5-6-10-20(19)23(26)25(22)15-16-7-3-2-4-8-16/h2-14H,15H2,1H3. The lowest BCUT2D eigenvalue weighted by molar-refractivity contribution is 0.415. The molecule has 4 heteroatoms. The predicted octanol–water partition coefficient (Wildman–Crippen LogP) is 5.49. The van der Waals surface area contributed by atoms with Gasteiger partial charge in [0, 0.05) is 15.2 Å². The number of ether oxygens (including phenoxy) is 1. The lowest BCUT2D eigenvalue weighted by Crippen LogP contribution is -2.23. The Morgan fingerprint density at radius 2 is 1.48 bits per heavy atom. The highest BCUT2D eigenvalue weighted by Crippen LogP contribution is 2.34. The number of pyridine rings is 1. The van der Waals surface area contributed by atoms with Gasteiger partial charge in [-0.05, 0) is 57.4 Å². The molecule has 0 saturated carbocycles. The number of halogens is 1. The fourth-order valence-electron chi connectivity index (χ4n) is 3.30. The van der Waals surface area contributed by atoms with E-state index in [1.165, 1.54) is 0 Å². The molecule has 1 heterocycles. The van der Waals surface area contributed by atoms with Gasteiger partial charge in [-0.3, -0.25) is 4.79 Å². The summed E-state index contributed by atoms with van der Waals surface area (Å²) in [6.07, 6.45) is 0. The first kappa shape index (κ1) is 17.6. The largest absolute Gasteiger partial charge is 0.497 e. The van der Waals surface area contributed by atoms with Crippen molar-refractivity contribution in [2.75, 3.05) is 7.11 Å². The van der Waals surface area contributed by atoms with Gasteiger partial charge in [-0.25, -0.2) is 0 Å². The highest BCUT2D eigenvalue weighted by Gasteiger charge is 2.17. The van der Waals surface area contributed by atoms with Gasteiger partial charge in [-0.15, -0.1) is 0 Å². The van der Waals surface area contributed by atoms with Crippen molar-refractivity contribution in [3.8, 4) is 17.0 Å². The number of hydrogen-bond acceptors (Lipinski definition) is 2. The van der Waals surface area contributed by atoms with E-state index in [2.05, 4.69) is 15.9 Å². The summed E-state index contributed by atoms with van der Waals surface area (Å²) >= 11 is 3.76. The van der Waals surface area contributed by atoms with Crippen LogP contribution in [0.25, 0.3) is 22.0 Å². The Labute approximate surface area is 166 Å². The normalized spacial score (nSPS) is 10.9. The number of fused-ring (bicyclic) bond motifs is 1. The van der Waals surface area contributed by atoms with Crippen molar-refractivity contribution < 1.29 is 4.74 Å². The summed E-state index contributed by atoms with van der Waals surface area (Å²) in [5.41, 5.74) is 2.91. The van der Waals surface area contributed by atoms with E-state index in [1.807, 2.05) is 83.4 Å². The van der Waals surface area contributed by atoms with Crippen LogP contribution in [0.5, 0.6) is 5.75 Å². The highest BCUT2D eigenvalue weighted by molar-refractivity contribution is 9.10. The first-order valence-corrected chi connectivity index (χ1v) is 9.47. The zero-order valence-corrected chi connectivity index (χ0v) is 16.4. The summed E-state index contributed by atoms with van der Waals surface area (Å²) in [4.78, 5) is 13.3. The van der Waals surface area contributed by atoms with Crippen LogP contribution in [0.2, 0.25) is 0 Å². The van der Waals surface area contributed by atoms with Crippen molar-refractivity contribution in [2.24, 2.45) is 0 Å². The summed E-state index contributed by atoms with van der Waals surface area (Å²) in [6, 6.07) is 25.5. The average molecular weight is 420 g/mol. The maximum atomic E-state index is 13.3. The molecule has 27 heavy (non-hydrogen) atoms. The monoisotopic (exact) mass is 419 g/mol. The van der Waals surface area contributed by atoms with Crippen LogP contribution >= 0.6 is 15.9 Å². The van der Waals surface area contributed by atoms with Crippen molar-refractivity contribution in [1.29, 1.82) is 0 Å². The van der Waals surface area contributed by atoms with Gasteiger partial charge in [0.25, 0.3) is 5.56 Å². The maximum Gasteiger partial charge on any atom is 0.259 e. The topological polar surface area (TPSA) is 31.2 Å². The second kappa shape index (κ2) is 7.41. The van der Waals surface area contributed by atoms with E-state index in [4.69, 9.17) is 4.74 Å². The van der Waals surface area contributed by atoms with Gasteiger partial charge in [0.1, 0.15) is 5.75 Å². The molecule has 0 amide bonds. The molecule has 0 aliphatic heterocycles. The molecule has 4 aromatic rings. The van der Waals surface area contributed by atoms with Gasteiger partial charge in [-0.2, -0.15) is 0 Å². The second-order valence-electron chi connectivity index (χ2n) is 6.31. The van der Waals surface area contributed by atoms with Gasteiger partial charge in [0.05, 0.1) is 19.3 Å². The number of methoxy groups -OCH3 is 1. The van der Waals surface area contributed by atoms with Crippen LogP contribution in [0.3, 0.4) is 0 Å². The summed E-state index contributed by atoms with van der Waals surface area (Å²) < 4.78 is 8.03. The van der Waals surface area contributed by atoms with Crippen molar-refractivity contribution in [3.63, 3.8) is 0 Å². The van der Waals surface area contributed by atoms with Crippen LogP contribution in [0.1, 0.15) is 5.56 Å². The zero-order chi connectivity index (χ0) is 18.8. The molecule has 3 aromatic carbocycles. The minimum atomic E-state index is 0.00321. The summed E-state index contributed by atoms with van der Waals surface area (Å²) in [6.45, 7) is 0.504. The fraction of sp³-hybridized carbons (Fsp3) is 0.0870. The van der Waals surface area contributed by atoms with Crippen LogP contribution in [0, 0.1) is 0 Å². The Bertz CT molecular complexity index is 1150. The molecule has 1 aromatic heterocycles. The van der Waals surface area contributed by atoms with Crippen molar-refractivity contribution in [3.05, 3.63) is 99.3 Å². The molecular weight excluding hydrogens is 402 g/mol. The van der Waals surface area contributed by atoms with Crippen LogP contribution < -0.4 is 10.3 Å². The molecule has 0 atom stereocenters. The fourth-order valence-corrected chi connectivity index (χ4v) is 4.09. The molecule has 0 fully saturated rings. The number of benzene rings is 3. The third kappa shape index (κ3) is 3.28. The first-order chi connectivity index (χ1) is 13.2. The van der Waals surface area contributed by atoms with Gasteiger partial charge in [-0.1, -0.05) is 48.5 Å². The number of hydrogen-bond donors (Lipinski definition) is 0. The molecule has 0 aliphatic rings. The van der Waals surface area contributed by atoms with E-state index in [0.29, 0.717) is 11.9 Å². The molecule has 134 valence electrons. The Hall–Kier alpha value is -2.85. The summed E-state index contributed by atoms with van der Waals surface area (Å²) in [7, 11) is 1.65. The van der Waals surface area contributed by atoms with E-state index >= 15 is 0 Å². The third-order valence-corrected chi connectivity index (χ3v) is 5.47. The highest BCUT2D eigenvalue weighted by atomic mass is 79.9. The zero-order valence-electron chi connectivity index (χ0n) is 14.9. The van der Waals surface area contributed by atoms with Gasteiger partial charge in [0.15, 0.2) is 0 Å². The molecular formula is C23H18BrNO2. The van der Waals surface area contributed by atoms with Crippen LogP contribution in [0.4, 0.5) is 0 Å². The second-order valence-corrected chi connectivity index (χ2v) is 7.11.